The average Bonchev–Trinajstić information content (AvgIpc) is 4.07. The maximum absolute atomic E-state index is 6.18. The largest absolute Gasteiger partial charge is 0.456 e. The zero-order valence-electron chi connectivity index (χ0n) is 41.3. The van der Waals surface area contributed by atoms with E-state index < -0.39 is 0 Å². The third-order valence-electron chi connectivity index (χ3n) is 15.3. The summed E-state index contributed by atoms with van der Waals surface area (Å²) in [6, 6.07) is 92.0. The summed E-state index contributed by atoms with van der Waals surface area (Å²) in [6.45, 7) is 6.85. The predicted molar refractivity (Wildman–Crippen MR) is 308 cm³/mol. The van der Waals surface area contributed by atoms with Crippen LogP contribution in [0, 0.1) is 6.92 Å². The quantitative estimate of drug-likeness (QED) is 0.156. The highest BCUT2D eigenvalue weighted by molar-refractivity contribution is 6.12. The van der Waals surface area contributed by atoms with Crippen LogP contribution in [-0.4, -0.2) is 4.57 Å². The zero-order chi connectivity index (χ0) is 49.0. The van der Waals surface area contributed by atoms with Crippen molar-refractivity contribution in [2.24, 2.45) is 0 Å². The summed E-state index contributed by atoms with van der Waals surface area (Å²) < 4.78 is 8.60. The average molecular weight is 936 g/mol. The molecule has 73 heavy (non-hydrogen) atoms. The molecule has 2 aromatic heterocycles. The van der Waals surface area contributed by atoms with E-state index in [0.717, 1.165) is 28.7 Å². The molecule has 0 saturated carbocycles. The number of aromatic nitrogens is 1. The van der Waals surface area contributed by atoms with Crippen LogP contribution in [0.3, 0.4) is 0 Å². The molecule has 0 atom stereocenters. The number of hydrogen-bond donors (Lipinski definition) is 0. The van der Waals surface area contributed by atoms with E-state index in [-0.39, 0.29) is 5.41 Å². The van der Waals surface area contributed by atoms with E-state index in [1.165, 1.54) is 111 Å². The molecule has 1 aliphatic rings. The van der Waals surface area contributed by atoms with Gasteiger partial charge in [0.2, 0.25) is 0 Å². The number of benzene rings is 11. The van der Waals surface area contributed by atoms with Crippen molar-refractivity contribution in [1.82, 2.24) is 4.57 Å². The Labute approximate surface area is 427 Å². The lowest BCUT2D eigenvalue weighted by Gasteiger charge is -2.21. The molecule has 0 unspecified atom stereocenters. The molecule has 2 heteroatoms. The topological polar surface area (TPSA) is 18.1 Å². The van der Waals surface area contributed by atoms with Gasteiger partial charge in [0.05, 0.1) is 11.0 Å². The van der Waals surface area contributed by atoms with Crippen molar-refractivity contribution in [3.05, 3.63) is 283 Å². The van der Waals surface area contributed by atoms with E-state index >= 15 is 0 Å². The lowest BCUT2D eigenvalue weighted by atomic mass is 9.82. The van der Waals surface area contributed by atoms with Crippen LogP contribution in [0.4, 0.5) is 0 Å². The van der Waals surface area contributed by atoms with Crippen molar-refractivity contribution in [2.75, 3.05) is 0 Å². The van der Waals surface area contributed by atoms with Crippen molar-refractivity contribution >= 4 is 43.7 Å². The molecule has 0 aliphatic heterocycles. The Morgan fingerprint density at radius 1 is 0.370 bits per heavy atom. The second kappa shape index (κ2) is 18.0. The minimum atomic E-state index is 0.0564. The van der Waals surface area contributed by atoms with Gasteiger partial charge in [0.1, 0.15) is 11.2 Å². The van der Waals surface area contributed by atoms with E-state index in [1.807, 2.05) is 0 Å². The smallest absolute Gasteiger partial charge is 0.135 e. The van der Waals surface area contributed by atoms with Crippen molar-refractivity contribution in [3.63, 3.8) is 0 Å². The SMILES string of the molecule is CC1(C)c2ccccc2-c2c(Cc3ccccc3-c3ccccc3)cccc21.Cc1cccc2oc3ccc(-c4ccc5c(c4)c4ccccc4n5-c4cc(-c5ccccc5)cc(-c5ccccc5)c4)cc3c12. The van der Waals surface area contributed by atoms with E-state index in [1.54, 1.807) is 0 Å². The van der Waals surface area contributed by atoms with Gasteiger partial charge in [0.15, 0.2) is 0 Å². The molecule has 0 radical (unpaired) electrons. The van der Waals surface area contributed by atoms with Crippen LogP contribution in [0.2, 0.25) is 0 Å². The molecule has 14 rings (SSSR count). The fourth-order valence-electron chi connectivity index (χ4n) is 11.7. The molecule has 0 saturated heterocycles. The number of furan rings is 1. The Hall–Kier alpha value is -8.98. The van der Waals surface area contributed by atoms with Crippen LogP contribution < -0.4 is 0 Å². The summed E-state index contributed by atoms with van der Waals surface area (Å²) in [5, 5.41) is 4.84. The van der Waals surface area contributed by atoms with Gasteiger partial charge < -0.3 is 8.98 Å². The molecule has 0 fully saturated rings. The van der Waals surface area contributed by atoms with Crippen LogP contribution in [0.5, 0.6) is 0 Å². The normalized spacial score (nSPS) is 12.5. The standard InChI is InChI=1S/C43H29NO.C28H24/c1-28-11-10-18-42-43(28)38-27-32(20-22-41(38)45-42)31-19-21-40-37(26-31)36-16-8-9-17-39(36)44(40)35-24-33(29-12-4-2-5-13-29)23-34(25-35)30-14-6-3-7-15-30;1-28(2)25-17-9-8-16-24(25)27-22(14-10-18-26(27)28)19-21-13-6-7-15-23(21)20-11-4-3-5-12-20/h2-27H,1H3;3-18H,19H2,1-2H3. The minimum absolute atomic E-state index is 0.0564. The summed E-state index contributed by atoms with van der Waals surface area (Å²) in [7, 11) is 0. The lowest BCUT2D eigenvalue weighted by molar-refractivity contribution is 0.660. The molecule has 0 N–H and O–H groups in total. The van der Waals surface area contributed by atoms with Gasteiger partial charge in [-0.25, -0.2) is 0 Å². The Kier molecular flexibility index (Phi) is 10.9. The highest BCUT2D eigenvalue weighted by atomic mass is 16.3. The number of hydrogen-bond acceptors (Lipinski definition) is 1. The van der Waals surface area contributed by atoms with Gasteiger partial charge in [0.25, 0.3) is 0 Å². The van der Waals surface area contributed by atoms with Crippen molar-refractivity contribution < 1.29 is 4.42 Å². The molecule has 0 amide bonds. The highest BCUT2D eigenvalue weighted by Crippen LogP contribution is 2.50. The second-order valence-corrected chi connectivity index (χ2v) is 20.1. The fraction of sp³-hybridized carbons (Fsp3) is 0.0704. The first-order valence-corrected chi connectivity index (χ1v) is 25.4. The molecule has 11 aromatic carbocycles. The molecular formula is C71H53NO. The lowest BCUT2D eigenvalue weighted by Crippen LogP contribution is -2.14. The Morgan fingerprint density at radius 3 is 1.67 bits per heavy atom. The van der Waals surface area contributed by atoms with Crippen LogP contribution in [0.1, 0.15) is 41.7 Å². The monoisotopic (exact) mass is 935 g/mol. The zero-order valence-corrected chi connectivity index (χ0v) is 41.3. The molecule has 13 aromatic rings. The van der Waals surface area contributed by atoms with Gasteiger partial charge in [-0.05, 0) is 151 Å². The van der Waals surface area contributed by atoms with E-state index in [4.69, 9.17) is 4.42 Å². The summed E-state index contributed by atoms with van der Waals surface area (Å²) in [5.41, 5.74) is 25.0. The van der Waals surface area contributed by atoms with Crippen LogP contribution in [0.25, 0.3) is 105 Å². The van der Waals surface area contributed by atoms with Crippen molar-refractivity contribution in [3.8, 4) is 61.3 Å². The number of para-hydroxylation sites is 1. The Bertz CT molecular complexity index is 4140. The van der Waals surface area contributed by atoms with Gasteiger partial charge in [-0.3, -0.25) is 0 Å². The molecular weight excluding hydrogens is 883 g/mol. The van der Waals surface area contributed by atoms with Gasteiger partial charge >= 0.3 is 0 Å². The molecule has 1 aliphatic carbocycles. The Morgan fingerprint density at radius 2 is 0.932 bits per heavy atom. The summed E-state index contributed by atoms with van der Waals surface area (Å²) in [4.78, 5) is 0. The number of rotatable bonds is 7. The molecule has 2 heterocycles. The number of aryl methyl sites for hydroxylation is 1. The molecule has 348 valence electrons. The van der Waals surface area contributed by atoms with Crippen LogP contribution in [-0.2, 0) is 11.8 Å². The van der Waals surface area contributed by atoms with Gasteiger partial charge in [0, 0.05) is 32.6 Å². The first-order valence-electron chi connectivity index (χ1n) is 25.4. The second-order valence-electron chi connectivity index (χ2n) is 20.1. The predicted octanol–water partition coefficient (Wildman–Crippen LogP) is 19.2. The summed E-state index contributed by atoms with van der Waals surface area (Å²) in [6.07, 6.45) is 0.943. The maximum Gasteiger partial charge on any atom is 0.135 e. The first kappa shape index (κ1) is 44.0. The summed E-state index contributed by atoms with van der Waals surface area (Å²) >= 11 is 0. The van der Waals surface area contributed by atoms with Gasteiger partial charge in [-0.2, -0.15) is 0 Å². The van der Waals surface area contributed by atoms with Crippen LogP contribution in [0.15, 0.2) is 259 Å². The molecule has 0 spiro atoms. The Balaban J connectivity index is 0.000000158. The van der Waals surface area contributed by atoms with Crippen LogP contribution >= 0.6 is 0 Å². The fourth-order valence-corrected chi connectivity index (χ4v) is 11.7. The van der Waals surface area contributed by atoms with Gasteiger partial charge in [-0.15, -0.1) is 0 Å². The van der Waals surface area contributed by atoms with E-state index in [2.05, 4.69) is 280 Å². The van der Waals surface area contributed by atoms with E-state index in [0.29, 0.717) is 0 Å². The third-order valence-corrected chi connectivity index (χ3v) is 15.3. The highest BCUT2D eigenvalue weighted by Gasteiger charge is 2.36. The molecule has 0 bridgehead atoms. The van der Waals surface area contributed by atoms with Crippen molar-refractivity contribution in [2.45, 2.75) is 32.6 Å². The first-order chi connectivity index (χ1) is 35.9. The number of fused-ring (bicyclic) bond motifs is 9. The third kappa shape index (κ3) is 7.75. The van der Waals surface area contributed by atoms with Gasteiger partial charge in [-0.1, -0.05) is 214 Å². The van der Waals surface area contributed by atoms with Crippen molar-refractivity contribution in [1.29, 1.82) is 0 Å². The summed E-state index contributed by atoms with van der Waals surface area (Å²) in [5.74, 6) is 0. The van der Waals surface area contributed by atoms with E-state index in [9.17, 15) is 0 Å². The maximum atomic E-state index is 6.18. The number of nitrogens with zero attached hydrogens (tertiary/aromatic N) is 1. The minimum Gasteiger partial charge on any atom is -0.456 e. The molecule has 2 nitrogen and oxygen atoms in total.